The van der Waals surface area contributed by atoms with Crippen LogP contribution in [0.3, 0.4) is 0 Å². The van der Waals surface area contributed by atoms with Crippen LogP contribution >= 0.6 is 0 Å². The maximum Gasteiger partial charge on any atom is 0.125 e. The number of halogens is 4. The Morgan fingerprint density at radius 2 is 0.481 bits per heavy atom. The lowest BCUT2D eigenvalue weighted by Crippen LogP contribution is -2.18. The van der Waals surface area contributed by atoms with Gasteiger partial charge in [-0.3, -0.25) is 0 Å². The Hall–Kier alpha value is -4.58. The van der Waals surface area contributed by atoms with Gasteiger partial charge in [0.2, 0.25) is 0 Å². The lowest BCUT2D eigenvalue weighted by molar-refractivity contribution is 0.571. The van der Waals surface area contributed by atoms with Gasteiger partial charge in [-0.15, -0.1) is 0 Å². The van der Waals surface area contributed by atoms with Crippen molar-refractivity contribution in [2.75, 3.05) is 9.80 Å². The molecule has 0 saturated heterocycles. The zero-order valence-corrected chi connectivity index (χ0v) is 32.6. The Kier molecular flexibility index (Phi) is 10.2. The van der Waals surface area contributed by atoms with Crippen molar-refractivity contribution in [3.8, 4) is 0 Å². The Bertz CT molecular complexity index is 1790. The summed E-state index contributed by atoms with van der Waals surface area (Å²) in [7, 11) is 0. The topological polar surface area (TPSA) is 6.48 Å². The molecule has 0 aliphatic heterocycles. The first-order valence-corrected chi connectivity index (χ1v) is 17.8. The lowest BCUT2D eigenvalue weighted by Gasteiger charge is -2.31. The van der Waals surface area contributed by atoms with E-state index in [1.807, 2.05) is 141 Å². The van der Waals surface area contributed by atoms with E-state index in [1.54, 1.807) is 0 Å². The van der Waals surface area contributed by atoms with Crippen molar-refractivity contribution in [3.63, 3.8) is 0 Å². The van der Waals surface area contributed by atoms with E-state index in [4.69, 9.17) is 0 Å². The second kappa shape index (κ2) is 13.8. The molecule has 0 saturated carbocycles. The van der Waals surface area contributed by atoms with Crippen LogP contribution in [0.15, 0.2) is 97.1 Å². The molecule has 0 aromatic heterocycles. The molecule has 2 nitrogen and oxygen atoms in total. The average Bonchev–Trinajstić information content (AvgIpc) is 2.99. The number of rotatable bonds is 6. The quantitative estimate of drug-likeness (QED) is 0.162. The second-order valence-corrected chi connectivity index (χ2v) is 18.0. The maximum atomic E-state index is 15.4. The molecule has 0 heterocycles. The minimum Gasteiger partial charge on any atom is -0.310 e. The highest BCUT2D eigenvalue weighted by Crippen LogP contribution is 2.43. The third-order valence-corrected chi connectivity index (χ3v) is 9.39. The molecule has 0 N–H and O–H groups in total. The van der Waals surface area contributed by atoms with Crippen LogP contribution < -0.4 is 9.80 Å². The monoisotopic (exact) mass is 708 g/mol. The van der Waals surface area contributed by atoms with Gasteiger partial charge >= 0.3 is 0 Å². The summed E-state index contributed by atoms with van der Waals surface area (Å²) in [5.74, 6) is -1.60. The molecule has 0 aliphatic rings. The first-order valence-electron chi connectivity index (χ1n) is 17.8. The van der Waals surface area contributed by atoms with Crippen LogP contribution in [0.5, 0.6) is 0 Å². The van der Waals surface area contributed by atoms with E-state index in [2.05, 4.69) is 0 Å². The zero-order chi connectivity index (χ0) is 38.6. The predicted octanol–water partition coefficient (Wildman–Crippen LogP) is 14.4. The summed E-state index contributed by atoms with van der Waals surface area (Å²) in [6.45, 7) is 24.3. The van der Waals surface area contributed by atoms with Gasteiger partial charge < -0.3 is 9.80 Å². The molecular formula is C46H52F4N2. The summed E-state index contributed by atoms with van der Waals surface area (Å²) in [5, 5.41) is 0. The van der Waals surface area contributed by atoms with Crippen LogP contribution in [0.4, 0.5) is 51.7 Å². The first kappa shape index (κ1) is 38.6. The highest BCUT2D eigenvalue weighted by atomic mass is 19.1. The summed E-state index contributed by atoms with van der Waals surface area (Å²) in [6, 6.07) is 27.2. The largest absolute Gasteiger partial charge is 0.310 e. The number of nitrogens with zero attached hydrogens (tertiary/aromatic N) is 2. The molecule has 0 fully saturated rings. The van der Waals surface area contributed by atoms with E-state index in [0.717, 1.165) is 22.3 Å². The van der Waals surface area contributed by atoms with Crippen molar-refractivity contribution < 1.29 is 17.6 Å². The molecule has 0 bridgehead atoms. The Morgan fingerprint density at radius 3 is 0.654 bits per heavy atom. The third-order valence-electron chi connectivity index (χ3n) is 9.39. The van der Waals surface area contributed by atoms with Crippen LogP contribution in [0.1, 0.15) is 105 Å². The molecule has 52 heavy (non-hydrogen) atoms. The minimum absolute atomic E-state index is 0.348. The molecule has 5 rings (SSSR count). The molecule has 6 heteroatoms. The summed E-state index contributed by atoms with van der Waals surface area (Å²) in [4.78, 5) is 3.70. The summed E-state index contributed by atoms with van der Waals surface area (Å²) in [5.41, 5.74) is 5.27. The molecule has 5 aromatic rings. The second-order valence-electron chi connectivity index (χ2n) is 18.0. The standard InChI is InChI=1S/C46H52F4N2/c1-43(2,3)29-17-33(47)25-39(21-29)51(40-22-30(44(4,5)6)18-34(48)26-40)37-13-15-38(16-14-37)52(41-23-31(45(7,8)9)19-35(49)27-41)42-24-32(46(10,11)12)20-36(50)28-42/h13-28H,1-12H3. The first-order chi connectivity index (χ1) is 23.9. The summed E-state index contributed by atoms with van der Waals surface area (Å²) in [6.07, 6.45) is 0. The van der Waals surface area contributed by atoms with Crippen molar-refractivity contribution in [1.82, 2.24) is 0 Å². The molecule has 274 valence electrons. The van der Waals surface area contributed by atoms with Gasteiger partial charge in [0.05, 0.1) is 0 Å². The van der Waals surface area contributed by atoms with Crippen molar-refractivity contribution in [2.24, 2.45) is 0 Å². The van der Waals surface area contributed by atoms with Crippen molar-refractivity contribution in [3.05, 3.63) is 143 Å². The number of hydrogen-bond donors (Lipinski definition) is 0. The van der Waals surface area contributed by atoms with Crippen molar-refractivity contribution >= 4 is 34.1 Å². The van der Waals surface area contributed by atoms with Gasteiger partial charge in [-0.05, 0) is 141 Å². The number of hydrogen-bond acceptors (Lipinski definition) is 2. The van der Waals surface area contributed by atoms with Gasteiger partial charge in [-0.1, -0.05) is 83.1 Å². The molecule has 0 atom stereocenters. The summed E-state index contributed by atoms with van der Waals surface area (Å²) >= 11 is 0. The van der Waals surface area contributed by atoms with Crippen LogP contribution in [0.2, 0.25) is 0 Å². The molecule has 5 aromatic carbocycles. The smallest absolute Gasteiger partial charge is 0.125 e. The highest BCUT2D eigenvalue weighted by molar-refractivity contribution is 5.82. The average molecular weight is 709 g/mol. The van der Waals surface area contributed by atoms with E-state index >= 15 is 17.6 Å². The van der Waals surface area contributed by atoms with Crippen LogP contribution in [0, 0.1) is 23.3 Å². The van der Waals surface area contributed by atoms with E-state index in [1.165, 1.54) is 48.5 Å². The van der Waals surface area contributed by atoms with Gasteiger partial charge in [-0.2, -0.15) is 0 Å². The van der Waals surface area contributed by atoms with Crippen molar-refractivity contribution in [1.29, 1.82) is 0 Å². The van der Waals surface area contributed by atoms with E-state index in [-0.39, 0.29) is 21.7 Å². The zero-order valence-electron chi connectivity index (χ0n) is 32.6. The van der Waals surface area contributed by atoms with Crippen LogP contribution in [0.25, 0.3) is 0 Å². The fourth-order valence-corrected chi connectivity index (χ4v) is 6.19. The molecular weight excluding hydrogens is 657 g/mol. The predicted molar refractivity (Wildman–Crippen MR) is 210 cm³/mol. The lowest BCUT2D eigenvalue weighted by atomic mass is 9.86. The van der Waals surface area contributed by atoms with Gasteiger partial charge in [0.1, 0.15) is 23.3 Å². The van der Waals surface area contributed by atoms with Crippen molar-refractivity contribution in [2.45, 2.75) is 105 Å². The Morgan fingerprint density at radius 1 is 0.288 bits per heavy atom. The van der Waals surface area contributed by atoms with Gasteiger partial charge in [-0.25, -0.2) is 17.6 Å². The molecule has 0 unspecified atom stereocenters. The van der Waals surface area contributed by atoms with E-state index in [9.17, 15) is 0 Å². The summed E-state index contributed by atoms with van der Waals surface area (Å²) < 4.78 is 61.5. The number of anilines is 6. The molecule has 0 radical (unpaired) electrons. The SMILES string of the molecule is CC(C)(C)c1cc(F)cc(N(c2ccc(N(c3cc(F)cc(C(C)(C)C)c3)c3cc(F)cc(C(C)(C)C)c3)cc2)c2cc(F)cc(C(C)(C)C)c2)c1. The fourth-order valence-electron chi connectivity index (χ4n) is 6.19. The fraction of sp³-hybridized carbons (Fsp3) is 0.348. The van der Waals surface area contributed by atoms with Crippen LogP contribution in [-0.2, 0) is 21.7 Å². The minimum atomic E-state index is -0.399. The van der Waals surface area contributed by atoms with E-state index in [0.29, 0.717) is 34.1 Å². The highest BCUT2D eigenvalue weighted by Gasteiger charge is 2.25. The van der Waals surface area contributed by atoms with Gasteiger partial charge in [0.15, 0.2) is 0 Å². The normalized spacial score (nSPS) is 12.6. The molecule has 0 aliphatic carbocycles. The van der Waals surface area contributed by atoms with E-state index < -0.39 is 23.3 Å². The third kappa shape index (κ3) is 8.71. The van der Waals surface area contributed by atoms with Crippen LogP contribution in [-0.4, -0.2) is 0 Å². The van der Waals surface area contributed by atoms with Gasteiger partial charge in [0.25, 0.3) is 0 Å². The Balaban J connectivity index is 1.75. The Labute approximate surface area is 308 Å². The van der Waals surface area contributed by atoms with Gasteiger partial charge in [0, 0.05) is 34.1 Å². The molecule has 0 amide bonds. The number of benzene rings is 5. The molecule has 0 spiro atoms. The maximum absolute atomic E-state index is 15.4.